The van der Waals surface area contributed by atoms with Crippen molar-refractivity contribution in [2.24, 2.45) is 5.92 Å². The van der Waals surface area contributed by atoms with Gasteiger partial charge in [-0.15, -0.1) is 0 Å². The SMILES string of the molecule is CCCCCOCC1CCC1. The van der Waals surface area contributed by atoms with Crippen molar-refractivity contribution in [3.63, 3.8) is 0 Å². The number of unbranched alkanes of at least 4 members (excludes halogenated alkanes) is 2. The monoisotopic (exact) mass is 156 g/mol. The molecule has 1 rings (SSSR count). The van der Waals surface area contributed by atoms with E-state index >= 15 is 0 Å². The average molecular weight is 156 g/mol. The summed E-state index contributed by atoms with van der Waals surface area (Å²) in [5.41, 5.74) is 0. The normalized spacial score (nSPS) is 18.3. The van der Waals surface area contributed by atoms with E-state index in [1.165, 1.54) is 38.5 Å². The van der Waals surface area contributed by atoms with Crippen LogP contribution in [0.2, 0.25) is 0 Å². The Bertz CT molecular complexity index is 86.9. The molecule has 11 heavy (non-hydrogen) atoms. The third kappa shape index (κ3) is 3.76. The van der Waals surface area contributed by atoms with Crippen molar-refractivity contribution in [2.75, 3.05) is 13.2 Å². The van der Waals surface area contributed by atoms with Crippen LogP contribution in [0.25, 0.3) is 0 Å². The topological polar surface area (TPSA) is 9.23 Å². The lowest BCUT2D eigenvalue weighted by Crippen LogP contribution is -2.17. The van der Waals surface area contributed by atoms with Crippen LogP contribution in [0.15, 0.2) is 0 Å². The van der Waals surface area contributed by atoms with E-state index in [4.69, 9.17) is 4.74 Å². The fourth-order valence-electron chi connectivity index (χ4n) is 1.36. The Labute approximate surface area is 70.1 Å². The molecule has 1 fully saturated rings. The molecule has 1 aliphatic carbocycles. The molecule has 0 N–H and O–H groups in total. The molecule has 0 bridgehead atoms. The maximum absolute atomic E-state index is 5.54. The molecule has 0 saturated heterocycles. The van der Waals surface area contributed by atoms with E-state index in [0.29, 0.717) is 0 Å². The van der Waals surface area contributed by atoms with E-state index < -0.39 is 0 Å². The van der Waals surface area contributed by atoms with E-state index in [1.54, 1.807) is 0 Å². The Kier molecular flexibility index (Phi) is 4.60. The van der Waals surface area contributed by atoms with Crippen molar-refractivity contribution >= 4 is 0 Å². The molecule has 0 aromatic heterocycles. The van der Waals surface area contributed by atoms with Gasteiger partial charge < -0.3 is 4.74 Å². The average Bonchev–Trinajstić information content (AvgIpc) is 1.93. The number of hydrogen-bond donors (Lipinski definition) is 0. The van der Waals surface area contributed by atoms with Gasteiger partial charge in [0.15, 0.2) is 0 Å². The summed E-state index contributed by atoms with van der Waals surface area (Å²) in [7, 11) is 0. The van der Waals surface area contributed by atoms with Crippen LogP contribution in [0, 0.1) is 5.92 Å². The minimum Gasteiger partial charge on any atom is -0.381 e. The molecule has 0 amide bonds. The second kappa shape index (κ2) is 5.59. The fourth-order valence-corrected chi connectivity index (χ4v) is 1.36. The summed E-state index contributed by atoms with van der Waals surface area (Å²) in [4.78, 5) is 0. The Morgan fingerprint density at radius 2 is 2.09 bits per heavy atom. The van der Waals surface area contributed by atoms with Gasteiger partial charge in [-0.05, 0) is 25.2 Å². The van der Waals surface area contributed by atoms with Gasteiger partial charge in [-0.25, -0.2) is 0 Å². The molecule has 0 spiro atoms. The lowest BCUT2D eigenvalue weighted by Gasteiger charge is -2.24. The summed E-state index contributed by atoms with van der Waals surface area (Å²) in [6.45, 7) is 4.25. The van der Waals surface area contributed by atoms with Crippen molar-refractivity contribution in [2.45, 2.75) is 45.4 Å². The number of ether oxygens (including phenoxy) is 1. The first kappa shape index (κ1) is 9.05. The standard InChI is InChI=1S/C10H20O/c1-2-3-4-8-11-9-10-6-5-7-10/h10H,2-9H2,1H3. The molecule has 0 aromatic rings. The smallest absolute Gasteiger partial charge is 0.0494 e. The minimum absolute atomic E-state index is 0.914. The predicted molar refractivity (Wildman–Crippen MR) is 47.7 cm³/mol. The number of hydrogen-bond acceptors (Lipinski definition) is 1. The van der Waals surface area contributed by atoms with Crippen LogP contribution in [0.5, 0.6) is 0 Å². The van der Waals surface area contributed by atoms with Gasteiger partial charge in [-0.3, -0.25) is 0 Å². The zero-order chi connectivity index (χ0) is 7.94. The fraction of sp³-hybridized carbons (Fsp3) is 1.00. The molecule has 1 nitrogen and oxygen atoms in total. The molecular weight excluding hydrogens is 136 g/mol. The van der Waals surface area contributed by atoms with Crippen molar-refractivity contribution in [1.29, 1.82) is 0 Å². The third-order valence-corrected chi connectivity index (χ3v) is 2.47. The maximum Gasteiger partial charge on any atom is 0.0494 e. The summed E-state index contributed by atoms with van der Waals surface area (Å²) >= 11 is 0. The van der Waals surface area contributed by atoms with Gasteiger partial charge in [-0.1, -0.05) is 26.2 Å². The van der Waals surface area contributed by atoms with Gasteiger partial charge in [0, 0.05) is 13.2 Å². The van der Waals surface area contributed by atoms with Crippen LogP contribution < -0.4 is 0 Å². The lowest BCUT2D eigenvalue weighted by atomic mass is 9.86. The van der Waals surface area contributed by atoms with E-state index in [1.807, 2.05) is 0 Å². The molecule has 0 heterocycles. The van der Waals surface area contributed by atoms with E-state index in [2.05, 4.69) is 6.92 Å². The molecule has 0 aliphatic heterocycles. The summed E-state index contributed by atoms with van der Waals surface area (Å²) < 4.78 is 5.54. The molecular formula is C10H20O. The summed E-state index contributed by atoms with van der Waals surface area (Å²) in [6, 6.07) is 0. The zero-order valence-corrected chi connectivity index (χ0v) is 7.64. The lowest BCUT2D eigenvalue weighted by molar-refractivity contribution is 0.0680. The molecule has 1 aliphatic rings. The third-order valence-electron chi connectivity index (χ3n) is 2.47. The largest absolute Gasteiger partial charge is 0.381 e. The first-order chi connectivity index (χ1) is 5.43. The van der Waals surface area contributed by atoms with Crippen LogP contribution in [-0.4, -0.2) is 13.2 Å². The summed E-state index contributed by atoms with van der Waals surface area (Å²) in [6.07, 6.45) is 8.13. The van der Waals surface area contributed by atoms with Gasteiger partial charge >= 0.3 is 0 Å². The maximum atomic E-state index is 5.54. The molecule has 66 valence electrons. The van der Waals surface area contributed by atoms with E-state index in [0.717, 1.165) is 19.1 Å². The van der Waals surface area contributed by atoms with Gasteiger partial charge in [0.1, 0.15) is 0 Å². The van der Waals surface area contributed by atoms with Gasteiger partial charge in [0.05, 0.1) is 0 Å². The van der Waals surface area contributed by atoms with Crippen LogP contribution in [0.1, 0.15) is 45.4 Å². The quantitative estimate of drug-likeness (QED) is 0.537. The van der Waals surface area contributed by atoms with Crippen LogP contribution in [0.3, 0.4) is 0 Å². The molecule has 0 unspecified atom stereocenters. The van der Waals surface area contributed by atoms with E-state index in [9.17, 15) is 0 Å². The first-order valence-corrected chi connectivity index (χ1v) is 5.01. The van der Waals surface area contributed by atoms with Crippen LogP contribution in [0.4, 0.5) is 0 Å². The molecule has 0 radical (unpaired) electrons. The van der Waals surface area contributed by atoms with Crippen molar-refractivity contribution < 1.29 is 4.74 Å². The Morgan fingerprint density at radius 1 is 1.27 bits per heavy atom. The predicted octanol–water partition coefficient (Wildman–Crippen LogP) is 2.99. The Morgan fingerprint density at radius 3 is 2.64 bits per heavy atom. The Balaban J connectivity index is 1.73. The second-order valence-corrected chi connectivity index (χ2v) is 3.58. The molecule has 1 heteroatoms. The molecule has 1 saturated carbocycles. The molecule has 0 aromatic carbocycles. The zero-order valence-electron chi connectivity index (χ0n) is 7.64. The van der Waals surface area contributed by atoms with Crippen molar-refractivity contribution in [3.8, 4) is 0 Å². The highest BCUT2D eigenvalue weighted by molar-refractivity contribution is 4.68. The van der Waals surface area contributed by atoms with Crippen molar-refractivity contribution in [3.05, 3.63) is 0 Å². The van der Waals surface area contributed by atoms with Gasteiger partial charge in [0.25, 0.3) is 0 Å². The molecule has 0 atom stereocenters. The Hall–Kier alpha value is -0.0400. The van der Waals surface area contributed by atoms with Crippen LogP contribution in [-0.2, 0) is 4.74 Å². The summed E-state index contributed by atoms with van der Waals surface area (Å²) in [5, 5.41) is 0. The minimum atomic E-state index is 0.914. The highest BCUT2D eigenvalue weighted by Gasteiger charge is 2.16. The summed E-state index contributed by atoms with van der Waals surface area (Å²) in [5.74, 6) is 0.914. The second-order valence-electron chi connectivity index (χ2n) is 3.58. The van der Waals surface area contributed by atoms with E-state index in [-0.39, 0.29) is 0 Å². The number of rotatable bonds is 6. The highest BCUT2D eigenvalue weighted by Crippen LogP contribution is 2.26. The van der Waals surface area contributed by atoms with Crippen molar-refractivity contribution in [1.82, 2.24) is 0 Å². The highest BCUT2D eigenvalue weighted by atomic mass is 16.5. The van der Waals surface area contributed by atoms with Crippen LogP contribution >= 0.6 is 0 Å². The van der Waals surface area contributed by atoms with Gasteiger partial charge in [-0.2, -0.15) is 0 Å². The van der Waals surface area contributed by atoms with Gasteiger partial charge in [0.2, 0.25) is 0 Å². The first-order valence-electron chi connectivity index (χ1n) is 5.01.